The summed E-state index contributed by atoms with van der Waals surface area (Å²) in [5, 5.41) is 7.59. The number of hydrogen-bond donors (Lipinski definition) is 2. The number of ether oxygens (including phenoxy) is 1. The van der Waals surface area contributed by atoms with Crippen molar-refractivity contribution in [1.29, 1.82) is 0 Å². The van der Waals surface area contributed by atoms with Crippen molar-refractivity contribution in [3.05, 3.63) is 48.0 Å². The van der Waals surface area contributed by atoms with E-state index < -0.39 is 18.1 Å². The molecule has 0 saturated heterocycles. The Kier molecular flexibility index (Phi) is 8.39. The third-order valence-electron chi connectivity index (χ3n) is 4.81. The Labute approximate surface area is 178 Å². The van der Waals surface area contributed by atoms with E-state index in [0.29, 0.717) is 12.5 Å². The van der Waals surface area contributed by atoms with Crippen LogP contribution in [0.25, 0.3) is 10.8 Å². The molecule has 2 aromatic rings. The molecule has 2 rings (SSSR count). The summed E-state index contributed by atoms with van der Waals surface area (Å²) in [6.07, 6.45) is -0.769. The van der Waals surface area contributed by atoms with Gasteiger partial charge in [-0.3, -0.25) is 9.59 Å². The lowest BCUT2D eigenvalue weighted by atomic mass is 10.0. The van der Waals surface area contributed by atoms with Gasteiger partial charge in [-0.15, -0.1) is 0 Å². The van der Waals surface area contributed by atoms with Gasteiger partial charge in [-0.1, -0.05) is 70.2 Å². The van der Waals surface area contributed by atoms with Crippen LogP contribution in [0.5, 0.6) is 0 Å². The summed E-state index contributed by atoms with van der Waals surface area (Å²) in [6.45, 7) is 9.66. The van der Waals surface area contributed by atoms with Gasteiger partial charge in [0.05, 0.1) is 6.42 Å². The molecule has 162 valence electrons. The van der Waals surface area contributed by atoms with E-state index in [2.05, 4.69) is 10.6 Å². The van der Waals surface area contributed by atoms with Gasteiger partial charge < -0.3 is 15.4 Å². The highest BCUT2D eigenvalue weighted by Gasteiger charge is 2.29. The lowest BCUT2D eigenvalue weighted by Crippen LogP contribution is -2.48. The molecule has 0 aromatic heterocycles. The lowest BCUT2D eigenvalue weighted by Gasteiger charge is -2.23. The van der Waals surface area contributed by atoms with E-state index in [0.717, 1.165) is 16.3 Å². The van der Waals surface area contributed by atoms with Crippen LogP contribution in [0.3, 0.4) is 0 Å². The highest BCUT2D eigenvalue weighted by atomic mass is 16.5. The molecule has 2 N–H and O–H groups in total. The maximum absolute atomic E-state index is 12.7. The number of rotatable bonds is 9. The Bertz CT molecular complexity index is 886. The van der Waals surface area contributed by atoms with Crippen LogP contribution in [0.15, 0.2) is 42.5 Å². The minimum absolute atomic E-state index is 0.155. The van der Waals surface area contributed by atoms with Gasteiger partial charge in [0, 0.05) is 6.54 Å². The molecule has 2 amide bonds. The van der Waals surface area contributed by atoms with Crippen molar-refractivity contribution in [1.82, 2.24) is 10.6 Å². The Morgan fingerprint density at radius 2 is 1.60 bits per heavy atom. The van der Waals surface area contributed by atoms with Gasteiger partial charge in [0.15, 0.2) is 6.10 Å². The molecule has 2 aromatic carbocycles. The van der Waals surface area contributed by atoms with Gasteiger partial charge in [-0.05, 0) is 35.1 Å². The molecular weight excluding hydrogens is 380 g/mol. The summed E-state index contributed by atoms with van der Waals surface area (Å²) >= 11 is 0. The first-order chi connectivity index (χ1) is 14.2. The van der Waals surface area contributed by atoms with Gasteiger partial charge in [0.25, 0.3) is 5.91 Å². The predicted molar refractivity (Wildman–Crippen MR) is 118 cm³/mol. The van der Waals surface area contributed by atoms with E-state index in [9.17, 15) is 14.4 Å². The third kappa shape index (κ3) is 6.58. The van der Waals surface area contributed by atoms with E-state index in [4.69, 9.17) is 4.74 Å². The minimum Gasteiger partial charge on any atom is -0.451 e. The first kappa shape index (κ1) is 23.4. The Hall–Kier alpha value is -2.89. The van der Waals surface area contributed by atoms with Gasteiger partial charge in [0.1, 0.15) is 6.04 Å². The van der Waals surface area contributed by atoms with Gasteiger partial charge >= 0.3 is 5.97 Å². The molecular formula is C24H32N2O4. The molecule has 0 unspecified atom stereocenters. The summed E-state index contributed by atoms with van der Waals surface area (Å²) in [4.78, 5) is 37.4. The molecule has 6 nitrogen and oxygen atoms in total. The third-order valence-corrected chi connectivity index (χ3v) is 4.81. The Morgan fingerprint density at radius 3 is 2.27 bits per heavy atom. The Balaban J connectivity index is 2.01. The van der Waals surface area contributed by atoms with Crippen molar-refractivity contribution in [2.45, 2.75) is 53.2 Å². The molecule has 0 saturated carbocycles. The largest absolute Gasteiger partial charge is 0.451 e. The van der Waals surface area contributed by atoms with Crippen LogP contribution in [-0.4, -0.2) is 36.5 Å². The standard InChI is InChI=1S/C24H32N2O4/c1-15(2)14-25-23(28)17(5)30-24(29)22(16(3)4)26-21(27)13-19-11-8-10-18-9-6-7-12-20(18)19/h6-12,15-17,22H,13-14H2,1-5H3,(H,25,28)(H,26,27)/t17-,22-/m0/s1. The second-order valence-electron chi connectivity index (χ2n) is 8.32. The molecule has 30 heavy (non-hydrogen) atoms. The summed E-state index contributed by atoms with van der Waals surface area (Å²) in [5.41, 5.74) is 0.892. The van der Waals surface area contributed by atoms with Crippen LogP contribution >= 0.6 is 0 Å². The summed E-state index contributed by atoms with van der Waals surface area (Å²) in [6, 6.07) is 12.9. The second kappa shape index (κ2) is 10.8. The van der Waals surface area contributed by atoms with Gasteiger partial charge in [-0.25, -0.2) is 4.79 Å². The van der Waals surface area contributed by atoms with E-state index in [1.165, 1.54) is 6.92 Å². The maximum atomic E-state index is 12.7. The average Bonchev–Trinajstić information content (AvgIpc) is 2.70. The van der Waals surface area contributed by atoms with Crippen molar-refractivity contribution in [3.8, 4) is 0 Å². The van der Waals surface area contributed by atoms with Crippen LogP contribution in [0.4, 0.5) is 0 Å². The van der Waals surface area contributed by atoms with Crippen LogP contribution in [0.1, 0.15) is 40.2 Å². The quantitative estimate of drug-likeness (QED) is 0.620. The van der Waals surface area contributed by atoms with E-state index in [-0.39, 0.29) is 24.2 Å². The van der Waals surface area contributed by atoms with Gasteiger partial charge in [0.2, 0.25) is 5.91 Å². The number of amides is 2. The smallest absolute Gasteiger partial charge is 0.329 e. The predicted octanol–water partition coefficient (Wildman–Crippen LogP) is 3.23. The zero-order chi connectivity index (χ0) is 22.3. The summed E-state index contributed by atoms with van der Waals surface area (Å²) < 4.78 is 5.32. The molecule has 0 aliphatic rings. The lowest BCUT2D eigenvalue weighted by molar-refractivity contribution is -0.158. The number of carbonyl (C=O) groups is 3. The maximum Gasteiger partial charge on any atom is 0.329 e. The Morgan fingerprint density at radius 1 is 0.933 bits per heavy atom. The van der Waals surface area contributed by atoms with Gasteiger partial charge in [-0.2, -0.15) is 0 Å². The first-order valence-electron chi connectivity index (χ1n) is 10.4. The van der Waals surface area contributed by atoms with Crippen molar-refractivity contribution in [3.63, 3.8) is 0 Å². The molecule has 0 fully saturated rings. The SMILES string of the molecule is CC(C)CNC(=O)[C@H](C)OC(=O)[C@@H](NC(=O)Cc1cccc2ccccc12)C(C)C. The molecule has 6 heteroatoms. The van der Waals surface area contributed by atoms with Crippen molar-refractivity contribution in [2.24, 2.45) is 11.8 Å². The molecule has 0 aliphatic carbocycles. The number of fused-ring (bicyclic) bond motifs is 1. The summed E-state index contributed by atoms with van der Waals surface area (Å²) in [7, 11) is 0. The van der Waals surface area contributed by atoms with Crippen molar-refractivity contribution >= 4 is 28.6 Å². The molecule has 0 heterocycles. The number of benzene rings is 2. The van der Waals surface area contributed by atoms with Crippen LogP contribution < -0.4 is 10.6 Å². The van der Waals surface area contributed by atoms with Crippen molar-refractivity contribution in [2.75, 3.05) is 6.54 Å². The number of hydrogen-bond acceptors (Lipinski definition) is 4. The fraction of sp³-hybridized carbons (Fsp3) is 0.458. The molecule has 0 aliphatic heterocycles. The van der Waals surface area contributed by atoms with E-state index >= 15 is 0 Å². The fourth-order valence-corrected chi connectivity index (χ4v) is 3.09. The minimum atomic E-state index is -0.924. The molecule has 0 radical (unpaired) electrons. The second-order valence-corrected chi connectivity index (χ2v) is 8.32. The van der Waals surface area contributed by atoms with Crippen LogP contribution in [0.2, 0.25) is 0 Å². The number of nitrogens with one attached hydrogen (secondary N) is 2. The van der Waals surface area contributed by atoms with Crippen LogP contribution in [-0.2, 0) is 25.5 Å². The first-order valence-corrected chi connectivity index (χ1v) is 10.4. The number of esters is 1. The normalized spacial score (nSPS) is 13.2. The monoisotopic (exact) mass is 412 g/mol. The molecule has 2 atom stereocenters. The number of carbonyl (C=O) groups excluding carboxylic acids is 3. The zero-order valence-corrected chi connectivity index (χ0v) is 18.4. The fourth-order valence-electron chi connectivity index (χ4n) is 3.09. The zero-order valence-electron chi connectivity index (χ0n) is 18.4. The topological polar surface area (TPSA) is 84.5 Å². The summed E-state index contributed by atoms with van der Waals surface area (Å²) in [5.74, 6) is -1.10. The molecule has 0 spiro atoms. The van der Waals surface area contributed by atoms with E-state index in [1.54, 1.807) is 0 Å². The highest BCUT2D eigenvalue weighted by molar-refractivity contribution is 5.92. The van der Waals surface area contributed by atoms with Crippen LogP contribution in [0, 0.1) is 11.8 Å². The molecule has 0 bridgehead atoms. The average molecular weight is 413 g/mol. The van der Waals surface area contributed by atoms with Crippen molar-refractivity contribution < 1.29 is 19.1 Å². The van der Waals surface area contributed by atoms with E-state index in [1.807, 2.05) is 70.2 Å². The highest BCUT2D eigenvalue weighted by Crippen LogP contribution is 2.19.